The van der Waals surface area contributed by atoms with Crippen LogP contribution in [0.3, 0.4) is 0 Å². The average molecular weight is 354 g/mol. The van der Waals surface area contributed by atoms with E-state index < -0.39 is 25.9 Å². The number of nitrogens with two attached hydrogens (primary N) is 1. The predicted octanol–water partition coefficient (Wildman–Crippen LogP) is 3.48. The molecular formula is C11H7BrF3NO2S. The molecule has 2 N–H and O–H groups in total. The van der Waals surface area contributed by atoms with Crippen LogP contribution in [0.25, 0.3) is 10.8 Å². The third kappa shape index (κ3) is 2.30. The Morgan fingerprint density at radius 2 is 1.74 bits per heavy atom. The first-order valence-corrected chi connectivity index (χ1v) is 7.21. The minimum Gasteiger partial charge on any atom is -0.398 e. The van der Waals surface area contributed by atoms with Crippen molar-refractivity contribution in [2.24, 2.45) is 0 Å². The van der Waals surface area contributed by atoms with Gasteiger partial charge in [0.1, 0.15) is 4.90 Å². The molecule has 0 atom stereocenters. The van der Waals surface area contributed by atoms with Crippen molar-refractivity contribution in [3.63, 3.8) is 0 Å². The second-order valence-electron chi connectivity index (χ2n) is 3.80. The Bertz CT molecular complexity index is 756. The van der Waals surface area contributed by atoms with E-state index in [1.807, 2.05) is 0 Å². The summed E-state index contributed by atoms with van der Waals surface area (Å²) in [6.45, 7) is 0. The minimum atomic E-state index is -5.49. The molecule has 2 aromatic rings. The van der Waals surface area contributed by atoms with Crippen LogP contribution in [0.1, 0.15) is 0 Å². The van der Waals surface area contributed by atoms with Crippen molar-refractivity contribution in [1.29, 1.82) is 0 Å². The van der Waals surface area contributed by atoms with Crippen molar-refractivity contribution < 1.29 is 21.6 Å². The summed E-state index contributed by atoms with van der Waals surface area (Å²) in [5, 5.41) is 0.298. The van der Waals surface area contributed by atoms with Crippen LogP contribution < -0.4 is 5.73 Å². The zero-order chi connectivity index (χ0) is 14.4. The fraction of sp³-hybridized carbons (Fsp3) is 0.0909. The molecule has 0 heterocycles. The van der Waals surface area contributed by atoms with Crippen molar-refractivity contribution in [3.8, 4) is 0 Å². The highest BCUT2D eigenvalue weighted by molar-refractivity contribution is 9.10. The van der Waals surface area contributed by atoms with Gasteiger partial charge in [0.15, 0.2) is 0 Å². The number of halogens is 4. The van der Waals surface area contributed by atoms with Gasteiger partial charge in [-0.15, -0.1) is 0 Å². The summed E-state index contributed by atoms with van der Waals surface area (Å²) in [7, 11) is -5.49. The zero-order valence-electron chi connectivity index (χ0n) is 9.20. The number of rotatable bonds is 1. The lowest BCUT2D eigenvalue weighted by Gasteiger charge is -2.13. The molecule has 0 saturated heterocycles. The van der Waals surface area contributed by atoms with E-state index >= 15 is 0 Å². The van der Waals surface area contributed by atoms with E-state index in [-0.39, 0.29) is 5.39 Å². The van der Waals surface area contributed by atoms with Crippen LogP contribution in [-0.2, 0) is 9.84 Å². The molecule has 0 bridgehead atoms. The monoisotopic (exact) mass is 353 g/mol. The second-order valence-corrected chi connectivity index (χ2v) is 6.59. The summed E-state index contributed by atoms with van der Waals surface area (Å²) in [5.41, 5.74) is -0.394. The van der Waals surface area contributed by atoms with Gasteiger partial charge in [0.2, 0.25) is 0 Å². The van der Waals surface area contributed by atoms with E-state index in [0.717, 1.165) is 6.07 Å². The smallest absolute Gasteiger partial charge is 0.398 e. The number of alkyl halides is 3. The fourth-order valence-corrected chi connectivity index (χ4v) is 3.17. The molecule has 19 heavy (non-hydrogen) atoms. The van der Waals surface area contributed by atoms with Gasteiger partial charge < -0.3 is 5.73 Å². The predicted molar refractivity (Wildman–Crippen MR) is 69.3 cm³/mol. The van der Waals surface area contributed by atoms with Crippen LogP contribution in [0.4, 0.5) is 18.9 Å². The second kappa shape index (κ2) is 4.38. The summed E-state index contributed by atoms with van der Waals surface area (Å²) in [5.74, 6) is 0. The molecule has 3 nitrogen and oxygen atoms in total. The van der Waals surface area contributed by atoms with Gasteiger partial charge in [-0.3, -0.25) is 0 Å². The van der Waals surface area contributed by atoms with Crippen LogP contribution in [-0.4, -0.2) is 13.9 Å². The Morgan fingerprint density at radius 1 is 1.11 bits per heavy atom. The Labute approximate surface area is 115 Å². The van der Waals surface area contributed by atoms with Crippen molar-refractivity contribution in [1.82, 2.24) is 0 Å². The van der Waals surface area contributed by atoms with E-state index in [4.69, 9.17) is 5.73 Å². The summed E-state index contributed by atoms with van der Waals surface area (Å²) in [6.07, 6.45) is 0. The van der Waals surface area contributed by atoms with Gasteiger partial charge in [-0.1, -0.05) is 28.1 Å². The minimum absolute atomic E-state index is 0.0551. The number of hydrogen-bond donors (Lipinski definition) is 1. The maximum absolute atomic E-state index is 12.7. The number of hydrogen-bond acceptors (Lipinski definition) is 3. The van der Waals surface area contributed by atoms with E-state index in [9.17, 15) is 21.6 Å². The van der Waals surface area contributed by atoms with Gasteiger partial charge in [-0.05, 0) is 23.6 Å². The van der Waals surface area contributed by atoms with Crippen LogP contribution >= 0.6 is 15.9 Å². The highest BCUT2D eigenvalue weighted by atomic mass is 79.9. The molecule has 0 spiro atoms. The summed E-state index contributed by atoms with van der Waals surface area (Å²) in [6, 6.07) is 6.87. The zero-order valence-corrected chi connectivity index (χ0v) is 11.6. The van der Waals surface area contributed by atoms with Gasteiger partial charge in [-0.25, -0.2) is 8.42 Å². The largest absolute Gasteiger partial charge is 0.502 e. The fourth-order valence-electron chi connectivity index (χ4n) is 1.70. The highest BCUT2D eigenvalue weighted by Gasteiger charge is 2.48. The van der Waals surface area contributed by atoms with Crippen LogP contribution in [0.5, 0.6) is 0 Å². The molecule has 2 rings (SSSR count). The maximum Gasteiger partial charge on any atom is 0.502 e. The SMILES string of the molecule is Nc1ccc2cc(Br)ccc2c1S(=O)(=O)C(F)(F)F. The number of nitrogen functional groups attached to an aromatic ring is 1. The normalized spacial score (nSPS) is 12.8. The van der Waals surface area contributed by atoms with Crippen LogP contribution in [0, 0.1) is 0 Å². The third-order valence-corrected chi connectivity index (χ3v) is 4.63. The molecule has 8 heteroatoms. The third-order valence-electron chi connectivity index (χ3n) is 2.54. The van der Waals surface area contributed by atoms with Crippen molar-refractivity contribution in [2.75, 3.05) is 5.73 Å². The van der Waals surface area contributed by atoms with Gasteiger partial charge in [0.25, 0.3) is 9.84 Å². The van der Waals surface area contributed by atoms with Crippen molar-refractivity contribution in [3.05, 3.63) is 34.8 Å². The van der Waals surface area contributed by atoms with Gasteiger partial charge in [0, 0.05) is 9.86 Å². The maximum atomic E-state index is 12.7. The average Bonchev–Trinajstić information content (AvgIpc) is 2.27. The first kappa shape index (κ1) is 14.1. The van der Waals surface area contributed by atoms with Crippen molar-refractivity contribution in [2.45, 2.75) is 10.4 Å². The number of anilines is 1. The first-order valence-electron chi connectivity index (χ1n) is 4.93. The lowest BCUT2D eigenvalue weighted by atomic mass is 10.1. The topological polar surface area (TPSA) is 60.2 Å². The molecular weight excluding hydrogens is 347 g/mol. The van der Waals surface area contributed by atoms with Gasteiger partial charge >= 0.3 is 5.51 Å². The van der Waals surface area contributed by atoms with Crippen molar-refractivity contribution >= 4 is 42.2 Å². The quantitative estimate of drug-likeness (QED) is 0.798. The number of benzene rings is 2. The molecule has 0 radical (unpaired) electrons. The van der Waals surface area contributed by atoms with Gasteiger partial charge in [0.05, 0.1) is 5.69 Å². The molecule has 102 valence electrons. The molecule has 0 aliphatic carbocycles. The van der Waals surface area contributed by atoms with E-state index in [0.29, 0.717) is 9.86 Å². The Balaban J connectivity index is 2.91. The standard InChI is InChI=1S/C11H7BrF3NO2S/c12-7-2-3-8-6(5-7)1-4-9(16)10(8)19(17,18)11(13,14)15/h1-5H,16H2. The molecule has 2 aromatic carbocycles. The van der Waals surface area contributed by atoms with E-state index in [1.54, 1.807) is 0 Å². The summed E-state index contributed by atoms with van der Waals surface area (Å²) < 4.78 is 61.7. The molecule has 0 aromatic heterocycles. The molecule has 0 unspecified atom stereocenters. The molecule has 0 amide bonds. The van der Waals surface area contributed by atoms with Crippen LogP contribution in [0.2, 0.25) is 0 Å². The Kier molecular flexibility index (Phi) is 3.26. The van der Waals surface area contributed by atoms with E-state index in [2.05, 4.69) is 15.9 Å². The molecule has 0 saturated carbocycles. The molecule has 0 aliphatic rings. The summed E-state index contributed by atoms with van der Waals surface area (Å²) >= 11 is 3.16. The lowest BCUT2D eigenvalue weighted by Crippen LogP contribution is -2.24. The molecule has 0 fully saturated rings. The highest BCUT2D eigenvalue weighted by Crippen LogP contribution is 2.38. The first-order chi connectivity index (χ1) is 8.64. The number of fused-ring (bicyclic) bond motifs is 1. The summed E-state index contributed by atoms with van der Waals surface area (Å²) in [4.78, 5) is -0.898. The molecule has 0 aliphatic heterocycles. The number of sulfone groups is 1. The van der Waals surface area contributed by atoms with E-state index in [1.165, 1.54) is 24.3 Å². The van der Waals surface area contributed by atoms with Crippen LogP contribution in [0.15, 0.2) is 39.7 Å². The lowest BCUT2D eigenvalue weighted by molar-refractivity contribution is -0.0435. The Hall–Kier alpha value is -1.28. The van der Waals surface area contributed by atoms with Gasteiger partial charge in [-0.2, -0.15) is 13.2 Å². The Morgan fingerprint density at radius 3 is 2.32 bits per heavy atom.